The molecule has 3 aromatic carbocycles. The van der Waals surface area contributed by atoms with E-state index in [1.165, 1.54) is 17.3 Å². The normalized spacial score (nSPS) is 17.3. The number of aryl methyl sites for hydroxylation is 1. The number of benzene rings is 3. The van der Waals surface area contributed by atoms with Crippen molar-refractivity contribution in [1.29, 1.82) is 0 Å². The summed E-state index contributed by atoms with van der Waals surface area (Å²) in [5, 5.41) is 12.1. The minimum atomic E-state index is -0.386. The van der Waals surface area contributed by atoms with Gasteiger partial charge in [-0.3, -0.25) is 4.79 Å². The molecule has 0 aliphatic carbocycles. The molecule has 0 spiro atoms. The molecule has 0 saturated carbocycles. The fourth-order valence-electron chi connectivity index (χ4n) is 3.74. The van der Waals surface area contributed by atoms with E-state index in [-0.39, 0.29) is 17.2 Å². The Morgan fingerprint density at radius 2 is 1.66 bits per heavy atom. The van der Waals surface area contributed by atoms with E-state index in [4.69, 9.17) is 0 Å². The van der Waals surface area contributed by atoms with Crippen LogP contribution in [0.3, 0.4) is 0 Å². The summed E-state index contributed by atoms with van der Waals surface area (Å²) in [7, 11) is 0. The van der Waals surface area contributed by atoms with E-state index in [1.807, 2.05) is 77.5 Å². The van der Waals surface area contributed by atoms with Gasteiger partial charge in [-0.05, 0) is 18.1 Å². The molecule has 6 nitrogen and oxygen atoms in total. The van der Waals surface area contributed by atoms with E-state index in [1.54, 1.807) is 0 Å². The Morgan fingerprint density at radius 1 is 0.969 bits per heavy atom. The molecule has 0 fully saturated rings. The Morgan fingerprint density at radius 3 is 2.38 bits per heavy atom. The van der Waals surface area contributed by atoms with Crippen LogP contribution in [0.4, 0.5) is 0 Å². The molecular weight excluding hydrogens is 418 g/mol. The van der Waals surface area contributed by atoms with Crippen molar-refractivity contribution >= 4 is 17.7 Å². The van der Waals surface area contributed by atoms with Crippen molar-refractivity contribution in [3.63, 3.8) is 0 Å². The predicted molar refractivity (Wildman–Crippen MR) is 127 cm³/mol. The molecule has 4 aromatic rings. The van der Waals surface area contributed by atoms with Crippen LogP contribution in [0.2, 0.25) is 0 Å². The van der Waals surface area contributed by atoms with E-state index >= 15 is 0 Å². The van der Waals surface area contributed by atoms with Crippen LogP contribution >= 0.6 is 11.8 Å². The van der Waals surface area contributed by atoms with Gasteiger partial charge in [0.2, 0.25) is 11.1 Å². The first-order chi connectivity index (χ1) is 15.7. The zero-order valence-corrected chi connectivity index (χ0v) is 18.4. The lowest BCUT2D eigenvalue weighted by Crippen LogP contribution is -2.43. The number of amides is 1. The maximum absolute atomic E-state index is 13.3. The Bertz CT molecular complexity index is 1210. The van der Waals surface area contributed by atoms with E-state index < -0.39 is 0 Å². The summed E-state index contributed by atoms with van der Waals surface area (Å²) in [6.45, 7) is 2.54. The number of aromatic nitrogens is 3. The van der Waals surface area contributed by atoms with Gasteiger partial charge in [-0.15, -0.1) is 10.2 Å². The summed E-state index contributed by atoms with van der Waals surface area (Å²) >= 11 is 1.44. The van der Waals surface area contributed by atoms with Gasteiger partial charge < -0.3 is 10.7 Å². The molecule has 1 aliphatic rings. The number of carbonyl (C=O) groups excluding carboxylic acids is 1. The third-order valence-electron chi connectivity index (χ3n) is 5.47. The standard InChI is InChI=1S/C25H23N5OS/c1-17-12-14-18(15-13-17)16-26-24(31)22-21(19-8-4-2-5-9-19)29-30-23(27-28-25(30)32-22)20-10-6-3-7-11-20/h2-15,21-22,29H,16H2,1H3,(H,26,31)/t21-,22-/m1/s1. The lowest BCUT2D eigenvalue weighted by atomic mass is 10.0. The Kier molecular flexibility index (Phi) is 5.64. The van der Waals surface area contributed by atoms with Crippen molar-refractivity contribution in [1.82, 2.24) is 20.2 Å². The van der Waals surface area contributed by atoms with Crippen molar-refractivity contribution < 1.29 is 4.79 Å². The lowest BCUT2D eigenvalue weighted by molar-refractivity contribution is -0.121. The first kappa shape index (κ1) is 20.3. The van der Waals surface area contributed by atoms with Gasteiger partial charge in [0, 0.05) is 12.1 Å². The van der Waals surface area contributed by atoms with E-state index in [0.717, 1.165) is 22.5 Å². The summed E-state index contributed by atoms with van der Waals surface area (Å²) in [6, 6.07) is 27.9. The number of rotatable bonds is 5. The second kappa shape index (κ2) is 8.88. The first-order valence-electron chi connectivity index (χ1n) is 10.5. The van der Waals surface area contributed by atoms with Gasteiger partial charge in [-0.25, -0.2) is 4.68 Å². The van der Waals surface area contributed by atoms with Gasteiger partial charge in [0.25, 0.3) is 0 Å². The molecule has 0 saturated heterocycles. The molecule has 7 heteroatoms. The van der Waals surface area contributed by atoms with Crippen molar-refractivity contribution in [3.8, 4) is 11.4 Å². The van der Waals surface area contributed by atoms with Gasteiger partial charge in [0.15, 0.2) is 5.82 Å². The minimum Gasteiger partial charge on any atom is -0.351 e. The predicted octanol–water partition coefficient (Wildman–Crippen LogP) is 4.33. The molecule has 160 valence electrons. The molecule has 1 aliphatic heterocycles. The molecule has 0 bridgehead atoms. The molecular formula is C25H23N5OS. The average Bonchev–Trinajstić information content (AvgIpc) is 3.27. The Labute approximate surface area is 191 Å². The topological polar surface area (TPSA) is 71.8 Å². The second-order valence-corrected chi connectivity index (χ2v) is 8.88. The maximum Gasteiger partial charge on any atom is 0.236 e. The van der Waals surface area contributed by atoms with E-state index in [9.17, 15) is 4.79 Å². The zero-order valence-electron chi connectivity index (χ0n) is 17.6. The number of carbonyl (C=O) groups is 1. The van der Waals surface area contributed by atoms with E-state index in [0.29, 0.717) is 11.7 Å². The van der Waals surface area contributed by atoms with Crippen LogP contribution in [-0.2, 0) is 11.3 Å². The Balaban J connectivity index is 1.43. The van der Waals surface area contributed by atoms with Crippen molar-refractivity contribution in [2.75, 3.05) is 5.43 Å². The first-order valence-corrected chi connectivity index (χ1v) is 11.4. The van der Waals surface area contributed by atoms with Crippen LogP contribution in [0.1, 0.15) is 22.7 Å². The average molecular weight is 442 g/mol. The molecule has 2 N–H and O–H groups in total. The van der Waals surface area contributed by atoms with Crippen LogP contribution < -0.4 is 10.7 Å². The summed E-state index contributed by atoms with van der Waals surface area (Å²) in [4.78, 5) is 13.3. The number of nitrogens with one attached hydrogen (secondary N) is 2. The highest BCUT2D eigenvalue weighted by Gasteiger charge is 2.37. The van der Waals surface area contributed by atoms with Crippen LogP contribution in [-0.4, -0.2) is 26.0 Å². The van der Waals surface area contributed by atoms with Crippen LogP contribution in [0.15, 0.2) is 90.1 Å². The zero-order chi connectivity index (χ0) is 21.9. The molecule has 2 atom stereocenters. The largest absolute Gasteiger partial charge is 0.351 e. The van der Waals surface area contributed by atoms with Gasteiger partial charge in [-0.2, -0.15) is 0 Å². The Hall–Kier alpha value is -3.58. The highest BCUT2D eigenvalue weighted by Crippen LogP contribution is 2.38. The SMILES string of the molecule is Cc1ccc(CNC(=O)[C@@H]2Sc3nnc(-c4ccccc4)n3N[C@@H]2c2ccccc2)cc1. The fourth-order valence-corrected chi connectivity index (χ4v) is 4.84. The van der Waals surface area contributed by atoms with E-state index in [2.05, 4.69) is 40.0 Å². The van der Waals surface area contributed by atoms with Gasteiger partial charge in [0.05, 0.1) is 6.04 Å². The van der Waals surface area contributed by atoms with Gasteiger partial charge in [-0.1, -0.05) is 102 Å². The summed E-state index contributed by atoms with van der Waals surface area (Å²) in [5.41, 5.74) is 7.78. The highest BCUT2D eigenvalue weighted by molar-refractivity contribution is 8.00. The molecule has 5 rings (SSSR count). The quantitative estimate of drug-likeness (QED) is 0.482. The third-order valence-corrected chi connectivity index (χ3v) is 6.69. The van der Waals surface area contributed by atoms with Gasteiger partial charge in [0.1, 0.15) is 5.25 Å². The number of hydrogen-bond acceptors (Lipinski definition) is 5. The molecule has 1 aromatic heterocycles. The van der Waals surface area contributed by atoms with Crippen LogP contribution in [0.5, 0.6) is 0 Å². The summed E-state index contributed by atoms with van der Waals surface area (Å²) in [6.07, 6.45) is 0. The third kappa shape index (κ3) is 4.11. The lowest BCUT2D eigenvalue weighted by Gasteiger charge is -2.33. The summed E-state index contributed by atoms with van der Waals surface area (Å²) in [5.74, 6) is 0.694. The van der Waals surface area contributed by atoms with Crippen molar-refractivity contribution in [2.45, 2.75) is 29.9 Å². The molecule has 32 heavy (non-hydrogen) atoms. The molecule has 1 amide bonds. The number of thioether (sulfide) groups is 1. The molecule has 2 heterocycles. The number of nitrogens with zero attached hydrogens (tertiary/aromatic N) is 3. The minimum absolute atomic E-state index is 0.0348. The molecule has 0 unspecified atom stereocenters. The second-order valence-electron chi connectivity index (χ2n) is 7.77. The smallest absolute Gasteiger partial charge is 0.236 e. The van der Waals surface area contributed by atoms with Gasteiger partial charge >= 0.3 is 0 Å². The number of hydrogen-bond donors (Lipinski definition) is 2. The van der Waals surface area contributed by atoms with Crippen molar-refractivity contribution in [2.24, 2.45) is 0 Å². The van der Waals surface area contributed by atoms with Crippen molar-refractivity contribution in [3.05, 3.63) is 102 Å². The monoisotopic (exact) mass is 441 g/mol. The van der Waals surface area contributed by atoms with Crippen LogP contribution in [0, 0.1) is 6.92 Å². The number of fused-ring (bicyclic) bond motifs is 1. The highest BCUT2D eigenvalue weighted by atomic mass is 32.2. The fraction of sp³-hybridized carbons (Fsp3) is 0.160. The summed E-state index contributed by atoms with van der Waals surface area (Å²) < 4.78 is 1.89. The molecule has 0 radical (unpaired) electrons. The van der Waals surface area contributed by atoms with Crippen LogP contribution in [0.25, 0.3) is 11.4 Å². The maximum atomic E-state index is 13.3.